The van der Waals surface area contributed by atoms with E-state index in [0.29, 0.717) is 18.0 Å². The monoisotopic (exact) mass is 312 g/mol. The maximum atomic E-state index is 12.1. The highest BCUT2D eigenvalue weighted by Crippen LogP contribution is 2.29. The summed E-state index contributed by atoms with van der Waals surface area (Å²) < 4.78 is 0.780. The van der Waals surface area contributed by atoms with Crippen molar-refractivity contribution >= 4 is 40.1 Å². The third-order valence-electron chi connectivity index (χ3n) is 2.98. The Morgan fingerprint density at radius 1 is 1.40 bits per heavy atom. The first-order valence-corrected chi connectivity index (χ1v) is 8.05. The molecule has 1 amide bonds. The van der Waals surface area contributed by atoms with E-state index in [4.69, 9.17) is 0 Å². The van der Waals surface area contributed by atoms with Crippen LogP contribution < -0.4 is 10.4 Å². The van der Waals surface area contributed by atoms with Gasteiger partial charge in [0.1, 0.15) is 0 Å². The molecule has 1 heterocycles. The highest BCUT2D eigenvalue weighted by molar-refractivity contribution is 8.01. The van der Waals surface area contributed by atoms with Crippen molar-refractivity contribution in [2.24, 2.45) is 11.8 Å². The highest BCUT2D eigenvalue weighted by atomic mass is 32.2. The van der Waals surface area contributed by atoms with Crippen LogP contribution in [0.25, 0.3) is 0 Å². The summed E-state index contributed by atoms with van der Waals surface area (Å²) in [5, 5.41) is 21.9. The predicted octanol–water partition coefficient (Wildman–Crippen LogP) is 0.921. The van der Waals surface area contributed by atoms with Crippen molar-refractivity contribution in [2.75, 3.05) is 11.1 Å². The molecule has 0 unspecified atom stereocenters. The Balaban J connectivity index is 2.02. The summed E-state index contributed by atoms with van der Waals surface area (Å²) in [5.41, 5.74) is 0. The number of hydrogen-bond acceptors (Lipinski definition) is 7. The molecule has 8 heteroatoms. The summed E-state index contributed by atoms with van der Waals surface area (Å²) in [4.78, 5) is 23.2. The van der Waals surface area contributed by atoms with E-state index >= 15 is 0 Å². The number of allylic oxidation sites excluding steroid dienone is 2. The Morgan fingerprint density at radius 2 is 2.10 bits per heavy atom. The molecule has 6 nitrogen and oxygen atoms in total. The second-order valence-electron chi connectivity index (χ2n) is 4.27. The van der Waals surface area contributed by atoms with E-state index < -0.39 is 17.8 Å². The van der Waals surface area contributed by atoms with Crippen LogP contribution >= 0.6 is 23.1 Å². The minimum absolute atomic E-state index is 0.327. The van der Waals surface area contributed by atoms with E-state index in [2.05, 4.69) is 15.5 Å². The maximum absolute atomic E-state index is 12.1. The number of thioether (sulfide) groups is 1. The smallest absolute Gasteiger partial charge is 0.230 e. The van der Waals surface area contributed by atoms with Crippen LogP contribution in [0.1, 0.15) is 19.8 Å². The van der Waals surface area contributed by atoms with E-state index in [9.17, 15) is 14.7 Å². The SMILES string of the molecule is CCSc1nnc(NC(=O)[C@H]2CC=CC[C@H]2C(=O)[O-])s1. The van der Waals surface area contributed by atoms with Gasteiger partial charge in [-0.25, -0.2) is 0 Å². The predicted molar refractivity (Wildman–Crippen MR) is 75.3 cm³/mol. The van der Waals surface area contributed by atoms with Crippen LogP contribution in [-0.4, -0.2) is 27.8 Å². The van der Waals surface area contributed by atoms with Gasteiger partial charge in [0.25, 0.3) is 0 Å². The van der Waals surface area contributed by atoms with E-state index in [1.165, 1.54) is 11.3 Å². The molecular formula is C12H14N3O3S2-. The summed E-state index contributed by atoms with van der Waals surface area (Å²) in [5.74, 6) is -2.04. The van der Waals surface area contributed by atoms with Crippen LogP contribution in [0.15, 0.2) is 16.5 Å². The molecule has 1 aliphatic rings. The molecule has 0 bridgehead atoms. The Morgan fingerprint density at radius 3 is 2.75 bits per heavy atom. The van der Waals surface area contributed by atoms with E-state index in [1.54, 1.807) is 17.8 Å². The summed E-state index contributed by atoms with van der Waals surface area (Å²) in [6.07, 6.45) is 4.32. The van der Waals surface area contributed by atoms with Gasteiger partial charge in [0.2, 0.25) is 11.0 Å². The zero-order valence-corrected chi connectivity index (χ0v) is 12.5. The summed E-state index contributed by atoms with van der Waals surface area (Å²) in [6.45, 7) is 2.00. The van der Waals surface area contributed by atoms with Gasteiger partial charge in [0.15, 0.2) is 4.34 Å². The first kappa shape index (κ1) is 15.0. The lowest BCUT2D eigenvalue weighted by molar-refractivity contribution is -0.313. The van der Waals surface area contributed by atoms with E-state index in [1.807, 2.05) is 13.0 Å². The fraction of sp³-hybridized carbons (Fsp3) is 0.500. The van der Waals surface area contributed by atoms with Gasteiger partial charge < -0.3 is 15.2 Å². The van der Waals surface area contributed by atoms with Gasteiger partial charge in [-0.3, -0.25) is 4.79 Å². The summed E-state index contributed by atoms with van der Waals surface area (Å²) in [7, 11) is 0. The molecule has 0 saturated carbocycles. The van der Waals surface area contributed by atoms with Gasteiger partial charge in [-0.1, -0.05) is 42.2 Å². The number of aliphatic carboxylic acids is 1. The van der Waals surface area contributed by atoms with Crippen LogP contribution in [0.5, 0.6) is 0 Å². The second kappa shape index (κ2) is 6.85. The number of hydrogen-bond donors (Lipinski definition) is 1. The summed E-state index contributed by atoms with van der Waals surface area (Å²) >= 11 is 2.83. The first-order valence-electron chi connectivity index (χ1n) is 6.24. The van der Waals surface area contributed by atoms with Crippen LogP contribution in [0.4, 0.5) is 5.13 Å². The molecule has 2 rings (SSSR count). The second-order valence-corrected chi connectivity index (χ2v) is 6.76. The number of carbonyl (C=O) groups is 2. The van der Waals surface area contributed by atoms with Crippen LogP contribution in [0.3, 0.4) is 0 Å². The van der Waals surface area contributed by atoms with E-state index in [-0.39, 0.29) is 5.91 Å². The number of amides is 1. The maximum Gasteiger partial charge on any atom is 0.230 e. The molecule has 0 saturated heterocycles. The number of rotatable bonds is 5. The fourth-order valence-electron chi connectivity index (χ4n) is 2.00. The van der Waals surface area contributed by atoms with Gasteiger partial charge in [0, 0.05) is 11.9 Å². The molecule has 0 fully saturated rings. The minimum Gasteiger partial charge on any atom is -0.550 e. The lowest BCUT2D eigenvalue weighted by atomic mass is 9.82. The largest absolute Gasteiger partial charge is 0.550 e. The van der Waals surface area contributed by atoms with Crippen molar-refractivity contribution in [3.8, 4) is 0 Å². The van der Waals surface area contributed by atoms with Gasteiger partial charge >= 0.3 is 0 Å². The molecule has 0 radical (unpaired) electrons. The molecule has 1 aromatic rings. The Labute approximate surface area is 124 Å². The van der Waals surface area contributed by atoms with Gasteiger partial charge in [-0.05, 0) is 18.6 Å². The molecule has 1 aromatic heterocycles. The van der Waals surface area contributed by atoms with Crippen molar-refractivity contribution in [3.63, 3.8) is 0 Å². The molecular weight excluding hydrogens is 298 g/mol. The Kier molecular flexibility index (Phi) is 5.13. The molecule has 2 atom stereocenters. The van der Waals surface area contributed by atoms with Crippen molar-refractivity contribution < 1.29 is 14.7 Å². The van der Waals surface area contributed by atoms with Gasteiger partial charge in [-0.15, -0.1) is 10.2 Å². The average Bonchev–Trinajstić information content (AvgIpc) is 2.86. The number of carboxylic acid groups (broad SMARTS) is 1. The molecule has 20 heavy (non-hydrogen) atoms. The third-order valence-corrected chi connectivity index (χ3v) is 4.83. The summed E-state index contributed by atoms with van der Waals surface area (Å²) in [6, 6.07) is 0. The van der Waals surface area contributed by atoms with Crippen molar-refractivity contribution in [3.05, 3.63) is 12.2 Å². The minimum atomic E-state index is -1.19. The number of nitrogens with zero attached hydrogens (tertiary/aromatic N) is 2. The zero-order chi connectivity index (χ0) is 14.5. The van der Waals surface area contributed by atoms with Gasteiger partial charge in [-0.2, -0.15) is 0 Å². The molecule has 0 spiro atoms. The lowest BCUT2D eigenvalue weighted by Gasteiger charge is -2.27. The third kappa shape index (κ3) is 3.57. The van der Waals surface area contributed by atoms with Crippen molar-refractivity contribution in [1.82, 2.24) is 10.2 Å². The highest BCUT2D eigenvalue weighted by Gasteiger charge is 2.30. The standard InChI is InChI=1S/C12H15N3O3S2/c1-2-19-12-15-14-11(20-12)13-9(16)7-5-3-4-6-8(7)10(17)18/h3-4,7-8H,2,5-6H2,1H3,(H,17,18)(H,13,14,16)/p-1/t7-,8+/m0/s1. The number of nitrogens with one attached hydrogen (secondary N) is 1. The van der Waals surface area contributed by atoms with Crippen molar-refractivity contribution in [2.45, 2.75) is 24.1 Å². The number of carbonyl (C=O) groups excluding carboxylic acids is 2. The normalized spacial score (nSPS) is 21.6. The molecule has 0 aromatic carbocycles. The zero-order valence-electron chi connectivity index (χ0n) is 10.9. The molecule has 108 valence electrons. The topological polar surface area (TPSA) is 95.0 Å². The quantitative estimate of drug-likeness (QED) is 0.493. The van der Waals surface area contributed by atoms with Crippen LogP contribution in [0.2, 0.25) is 0 Å². The first-order chi connectivity index (χ1) is 9.61. The van der Waals surface area contributed by atoms with Crippen LogP contribution in [0, 0.1) is 11.8 Å². The molecule has 0 aliphatic heterocycles. The molecule has 1 aliphatic carbocycles. The van der Waals surface area contributed by atoms with E-state index in [0.717, 1.165) is 10.1 Å². The number of carboxylic acids is 1. The average molecular weight is 312 g/mol. The van der Waals surface area contributed by atoms with Crippen molar-refractivity contribution in [1.29, 1.82) is 0 Å². The van der Waals surface area contributed by atoms with Crippen LogP contribution in [-0.2, 0) is 9.59 Å². The fourth-order valence-corrected chi connectivity index (χ4v) is 3.66. The number of anilines is 1. The Hall–Kier alpha value is -1.41. The number of aromatic nitrogens is 2. The lowest BCUT2D eigenvalue weighted by Crippen LogP contribution is -2.41. The van der Waals surface area contributed by atoms with Gasteiger partial charge in [0.05, 0.1) is 5.92 Å². The Bertz CT molecular complexity index is 530. The molecule has 1 N–H and O–H groups in total.